The lowest BCUT2D eigenvalue weighted by atomic mass is 10.00. The van der Waals surface area contributed by atoms with Crippen LogP contribution >= 0.6 is 0 Å². The van der Waals surface area contributed by atoms with Crippen LogP contribution < -0.4 is 10.6 Å². The number of hydrogen-bond donors (Lipinski definition) is 2. The highest BCUT2D eigenvalue weighted by molar-refractivity contribution is 5.73. The number of rotatable bonds is 4. The summed E-state index contributed by atoms with van der Waals surface area (Å²) in [6.45, 7) is 4.22. The van der Waals surface area contributed by atoms with Crippen LogP contribution in [0.3, 0.4) is 0 Å². The molecule has 3 N–H and O–H groups in total. The first-order valence-electron chi connectivity index (χ1n) is 6.60. The van der Waals surface area contributed by atoms with E-state index in [4.69, 9.17) is 10.8 Å². The Balaban J connectivity index is 1.96. The zero-order chi connectivity index (χ0) is 13.8. The summed E-state index contributed by atoms with van der Waals surface area (Å²) in [5.74, 6) is 0.484. The van der Waals surface area contributed by atoms with Gasteiger partial charge in [-0.1, -0.05) is 6.92 Å². The van der Waals surface area contributed by atoms with Crippen LogP contribution in [0.1, 0.15) is 25.3 Å². The van der Waals surface area contributed by atoms with E-state index in [-0.39, 0.29) is 6.42 Å². The summed E-state index contributed by atoms with van der Waals surface area (Å²) in [5, 5.41) is 8.75. The minimum Gasteiger partial charge on any atom is -0.480 e. The van der Waals surface area contributed by atoms with Crippen molar-refractivity contribution in [3.63, 3.8) is 0 Å². The van der Waals surface area contributed by atoms with Gasteiger partial charge in [-0.25, -0.2) is 9.97 Å². The van der Waals surface area contributed by atoms with Crippen molar-refractivity contribution in [3.8, 4) is 0 Å². The lowest BCUT2D eigenvalue weighted by Gasteiger charge is -2.30. The van der Waals surface area contributed by atoms with Crippen LogP contribution in [0.4, 0.5) is 5.95 Å². The third kappa shape index (κ3) is 3.64. The molecule has 1 aromatic heterocycles. The number of carboxylic acids is 1. The predicted molar refractivity (Wildman–Crippen MR) is 72.0 cm³/mol. The quantitative estimate of drug-likeness (QED) is 0.830. The summed E-state index contributed by atoms with van der Waals surface area (Å²) in [4.78, 5) is 21.5. The van der Waals surface area contributed by atoms with E-state index in [2.05, 4.69) is 21.8 Å². The lowest BCUT2D eigenvalue weighted by Crippen LogP contribution is -2.34. The normalized spacial score (nSPS) is 18.3. The van der Waals surface area contributed by atoms with Gasteiger partial charge in [-0.2, -0.15) is 0 Å². The largest absolute Gasteiger partial charge is 0.480 e. The van der Waals surface area contributed by atoms with Crippen LogP contribution in [-0.4, -0.2) is 40.2 Å². The van der Waals surface area contributed by atoms with Crippen molar-refractivity contribution in [1.29, 1.82) is 0 Å². The van der Waals surface area contributed by atoms with E-state index in [0.717, 1.165) is 43.4 Å². The van der Waals surface area contributed by atoms with Gasteiger partial charge in [0.2, 0.25) is 5.95 Å². The second kappa shape index (κ2) is 5.97. The molecule has 2 rings (SSSR count). The Kier molecular flexibility index (Phi) is 4.31. The fraction of sp³-hybridized carbons (Fsp3) is 0.615. The zero-order valence-corrected chi connectivity index (χ0v) is 11.1. The van der Waals surface area contributed by atoms with E-state index in [1.165, 1.54) is 0 Å². The highest BCUT2D eigenvalue weighted by Crippen LogP contribution is 2.19. The second-order valence-electron chi connectivity index (χ2n) is 5.21. The van der Waals surface area contributed by atoms with Crippen molar-refractivity contribution in [2.24, 2.45) is 11.7 Å². The summed E-state index contributed by atoms with van der Waals surface area (Å²) in [6, 6.07) is -0.898. The fourth-order valence-corrected chi connectivity index (χ4v) is 2.17. The van der Waals surface area contributed by atoms with Gasteiger partial charge >= 0.3 is 5.97 Å². The number of carboxylic acid groups (broad SMARTS) is 1. The van der Waals surface area contributed by atoms with Crippen molar-refractivity contribution in [2.45, 2.75) is 32.2 Å². The zero-order valence-electron chi connectivity index (χ0n) is 11.1. The Morgan fingerprint density at radius 2 is 2.05 bits per heavy atom. The first kappa shape index (κ1) is 13.7. The van der Waals surface area contributed by atoms with Crippen molar-refractivity contribution >= 4 is 11.9 Å². The molecule has 1 fully saturated rings. The summed E-state index contributed by atoms with van der Waals surface area (Å²) >= 11 is 0. The first-order chi connectivity index (χ1) is 9.06. The molecule has 6 nitrogen and oxygen atoms in total. The van der Waals surface area contributed by atoms with Crippen LogP contribution in [0.5, 0.6) is 0 Å². The molecular weight excluding hydrogens is 244 g/mol. The monoisotopic (exact) mass is 264 g/mol. The van der Waals surface area contributed by atoms with E-state index in [1.807, 2.05) is 0 Å². The van der Waals surface area contributed by atoms with Gasteiger partial charge in [-0.3, -0.25) is 4.79 Å². The molecule has 0 amide bonds. The van der Waals surface area contributed by atoms with Gasteiger partial charge in [0, 0.05) is 31.9 Å². The van der Waals surface area contributed by atoms with E-state index < -0.39 is 12.0 Å². The number of aliphatic carboxylic acids is 1. The number of anilines is 1. The number of nitrogens with zero attached hydrogens (tertiary/aromatic N) is 3. The maximum Gasteiger partial charge on any atom is 0.320 e. The van der Waals surface area contributed by atoms with E-state index in [9.17, 15) is 4.79 Å². The predicted octanol–water partition coefficient (Wildman–Crippen LogP) is 0.667. The average Bonchev–Trinajstić information content (AvgIpc) is 2.40. The molecule has 1 saturated heterocycles. The Labute approximate surface area is 112 Å². The molecule has 0 radical (unpaired) electrons. The Hall–Kier alpha value is -1.69. The van der Waals surface area contributed by atoms with Crippen molar-refractivity contribution in [3.05, 3.63) is 18.0 Å². The maximum absolute atomic E-state index is 10.7. The Morgan fingerprint density at radius 3 is 2.58 bits per heavy atom. The third-order valence-corrected chi connectivity index (χ3v) is 3.53. The molecule has 0 aliphatic carbocycles. The van der Waals surface area contributed by atoms with Gasteiger partial charge in [0.1, 0.15) is 6.04 Å². The molecule has 2 heterocycles. The molecule has 1 aromatic rings. The molecule has 19 heavy (non-hydrogen) atoms. The van der Waals surface area contributed by atoms with Crippen LogP contribution in [-0.2, 0) is 11.2 Å². The Morgan fingerprint density at radius 1 is 1.47 bits per heavy atom. The summed E-state index contributed by atoms with van der Waals surface area (Å²) < 4.78 is 0. The van der Waals surface area contributed by atoms with Gasteiger partial charge in [0.05, 0.1) is 0 Å². The van der Waals surface area contributed by atoms with Gasteiger partial charge in [-0.15, -0.1) is 0 Å². The first-order valence-corrected chi connectivity index (χ1v) is 6.60. The molecule has 6 heteroatoms. The Bertz CT molecular complexity index is 427. The minimum atomic E-state index is -1.01. The van der Waals surface area contributed by atoms with Gasteiger partial charge in [0.15, 0.2) is 0 Å². The van der Waals surface area contributed by atoms with Gasteiger partial charge in [-0.05, 0) is 24.3 Å². The molecule has 1 atom stereocenters. The average molecular weight is 264 g/mol. The lowest BCUT2D eigenvalue weighted by molar-refractivity contribution is -0.138. The van der Waals surface area contributed by atoms with Crippen LogP contribution in [0.15, 0.2) is 12.4 Å². The van der Waals surface area contributed by atoms with Gasteiger partial charge < -0.3 is 15.7 Å². The molecule has 0 spiro atoms. The van der Waals surface area contributed by atoms with Crippen LogP contribution in [0.2, 0.25) is 0 Å². The summed E-state index contributed by atoms with van der Waals surface area (Å²) in [5.41, 5.74) is 6.23. The van der Waals surface area contributed by atoms with Crippen LogP contribution in [0, 0.1) is 5.92 Å². The summed E-state index contributed by atoms with van der Waals surface area (Å²) in [6.07, 6.45) is 5.92. The molecule has 1 aliphatic heterocycles. The van der Waals surface area contributed by atoms with E-state index >= 15 is 0 Å². The maximum atomic E-state index is 10.7. The number of aromatic nitrogens is 2. The van der Waals surface area contributed by atoms with Crippen molar-refractivity contribution in [1.82, 2.24) is 9.97 Å². The minimum absolute atomic E-state index is 0.257. The summed E-state index contributed by atoms with van der Waals surface area (Å²) in [7, 11) is 0. The SMILES string of the molecule is CC1CCN(c2ncc(CC(N)C(=O)O)cn2)CC1. The molecule has 0 aromatic carbocycles. The standard InChI is InChI=1S/C13H20N4O2/c1-9-2-4-17(5-3-9)13-15-7-10(8-16-13)6-11(14)12(18)19/h7-9,11H,2-6,14H2,1H3,(H,18,19). The van der Waals surface area contributed by atoms with Crippen LogP contribution in [0.25, 0.3) is 0 Å². The molecule has 104 valence electrons. The number of piperidine rings is 1. The topological polar surface area (TPSA) is 92.3 Å². The highest BCUT2D eigenvalue weighted by Gasteiger charge is 2.18. The molecule has 1 unspecified atom stereocenters. The number of nitrogens with two attached hydrogens (primary N) is 1. The fourth-order valence-electron chi connectivity index (χ4n) is 2.17. The van der Waals surface area contributed by atoms with Crippen molar-refractivity contribution in [2.75, 3.05) is 18.0 Å². The number of carbonyl (C=O) groups is 1. The third-order valence-electron chi connectivity index (χ3n) is 3.53. The molecular formula is C13H20N4O2. The van der Waals surface area contributed by atoms with Crippen molar-refractivity contribution < 1.29 is 9.90 Å². The van der Waals surface area contributed by atoms with Gasteiger partial charge in [0.25, 0.3) is 0 Å². The smallest absolute Gasteiger partial charge is 0.320 e. The molecule has 0 bridgehead atoms. The number of hydrogen-bond acceptors (Lipinski definition) is 5. The molecule has 1 aliphatic rings. The molecule has 0 saturated carbocycles. The van der Waals surface area contributed by atoms with E-state index in [1.54, 1.807) is 12.4 Å². The highest BCUT2D eigenvalue weighted by atomic mass is 16.4. The van der Waals surface area contributed by atoms with E-state index in [0.29, 0.717) is 0 Å². The second-order valence-corrected chi connectivity index (χ2v) is 5.21.